The van der Waals surface area contributed by atoms with Crippen LogP contribution in [0.15, 0.2) is 18.2 Å². The van der Waals surface area contributed by atoms with Crippen LogP contribution in [0.1, 0.15) is 0 Å². The quantitative estimate of drug-likeness (QED) is 0.641. The minimum Gasteiger partial charge on any atom is -0.230 e. The molecule has 0 amide bonds. The molecule has 3 nitrogen and oxygen atoms in total. The van der Waals surface area contributed by atoms with E-state index in [0.29, 0.717) is 0 Å². The molecule has 1 aromatic carbocycles. The van der Waals surface area contributed by atoms with Crippen molar-refractivity contribution in [3.63, 3.8) is 0 Å². The molecule has 1 rings (SSSR count). The van der Waals surface area contributed by atoms with Gasteiger partial charge in [0.25, 0.3) is 4.92 Å². The Bertz CT molecular complexity index is 294. The molecule has 0 saturated heterocycles. The van der Waals surface area contributed by atoms with Crippen LogP contribution in [0.3, 0.4) is 0 Å². The van der Waals surface area contributed by atoms with E-state index in [1.54, 1.807) is 0 Å². The molecule has 0 atom stereocenters. The van der Waals surface area contributed by atoms with Crippen molar-refractivity contribution >= 4 is 5.69 Å². The van der Waals surface area contributed by atoms with Gasteiger partial charge in [-0.3, -0.25) is 0 Å². The van der Waals surface area contributed by atoms with Gasteiger partial charge in [0, 0.05) is 0 Å². The molecule has 0 unspecified atom stereocenters. The third-order valence-corrected chi connectivity index (χ3v) is 1.29. The predicted molar refractivity (Wildman–Crippen MR) is 36.7 cm³/mol. The molecule has 0 aliphatic rings. The van der Waals surface area contributed by atoms with E-state index in [1.165, 1.54) is 0 Å². The van der Waals surface area contributed by atoms with Crippen LogP contribution in [0, 0.1) is 16.5 Å². The molecule has 1 aromatic rings. The van der Waals surface area contributed by atoms with Gasteiger partial charge >= 0.3 is 5.69 Å². The van der Waals surface area contributed by atoms with Crippen LogP contribution in [0.5, 0.6) is 0 Å². The lowest BCUT2D eigenvalue weighted by molar-refractivity contribution is -0.738. The normalized spacial score (nSPS) is 9.58. The fraction of sp³-hybridized carbons (Fsp3) is 0.143. The van der Waals surface area contributed by atoms with E-state index in [1.807, 2.05) is 0 Å². The van der Waals surface area contributed by atoms with Crippen molar-refractivity contribution in [3.8, 4) is 0 Å². The molecule has 0 aromatic heterocycles. The molecule has 0 saturated carbocycles. The van der Waals surface area contributed by atoms with Gasteiger partial charge in [-0.25, -0.2) is 4.84 Å². The first kappa shape index (κ1) is 8.58. The van der Waals surface area contributed by atoms with Crippen molar-refractivity contribution < 1.29 is 18.5 Å². The maximum atomic E-state index is 12.7. The number of rotatable bonds is 2. The van der Waals surface area contributed by atoms with E-state index >= 15 is 0 Å². The molecule has 0 N–H and O–H groups in total. The lowest BCUT2D eigenvalue weighted by Gasteiger charge is -1.91. The third kappa shape index (κ3) is 1.39. The van der Waals surface area contributed by atoms with E-state index in [4.69, 9.17) is 0 Å². The van der Waals surface area contributed by atoms with Crippen LogP contribution in [0.25, 0.3) is 0 Å². The second kappa shape index (κ2) is 3.25. The van der Waals surface area contributed by atoms with Crippen molar-refractivity contribution in [2.24, 2.45) is 0 Å². The Kier molecular flexibility index (Phi) is 2.32. The number of para-hydroxylation sites is 1. The summed E-state index contributed by atoms with van der Waals surface area (Å²) in [5.74, 6) is -1.90. The van der Waals surface area contributed by atoms with Crippen LogP contribution < -0.4 is 0 Å². The second-order valence-corrected chi connectivity index (χ2v) is 2.01. The Labute approximate surface area is 67.1 Å². The standard InChI is InChI=1S/C7H6F2NO2/c1-12-10(11)7-5(8)3-2-4-6(7)9/h2-4H,1H3/q+1. The first-order chi connectivity index (χ1) is 5.66. The molecule has 5 heteroatoms. The highest BCUT2D eigenvalue weighted by Crippen LogP contribution is 2.20. The van der Waals surface area contributed by atoms with Crippen LogP contribution in [-0.2, 0) is 4.84 Å². The summed E-state index contributed by atoms with van der Waals surface area (Å²) in [6.07, 6.45) is 0. The SMILES string of the molecule is CO[N+](=O)c1c(F)cccc1F. The monoisotopic (exact) mass is 174 g/mol. The first-order valence-corrected chi connectivity index (χ1v) is 3.12. The van der Waals surface area contributed by atoms with Crippen molar-refractivity contribution in [3.05, 3.63) is 34.7 Å². The van der Waals surface area contributed by atoms with E-state index in [0.717, 1.165) is 25.3 Å². The molecule has 0 aliphatic carbocycles. The van der Waals surface area contributed by atoms with Crippen LogP contribution in [0.2, 0.25) is 0 Å². The summed E-state index contributed by atoms with van der Waals surface area (Å²) < 4.78 is 25.5. The summed E-state index contributed by atoms with van der Waals surface area (Å²) in [5.41, 5.74) is -0.736. The van der Waals surface area contributed by atoms with Gasteiger partial charge in [-0.2, -0.15) is 8.78 Å². The largest absolute Gasteiger partial charge is 0.387 e. The highest BCUT2D eigenvalue weighted by molar-refractivity contribution is 5.32. The molecular formula is C7H6F2NO2+. The fourth-order valence-corrected chi connectivity index (χ4v) is 0.755. The zero-order valence-electron chi connectivity index (χ0n) is 6.25. The second-order valence-electron chi connectivity index (χ2n) is 2.01. The molecular weight excluding hydrogens is 168 g/mol. The van der Waals surface area contributed by atoms with Crippen molar-refractivity contribution in [2.75, 3.05) is 7.11 Å². The zero-order valence-corrected chi connectivity index (χ0v) is 6.25. The van der Waals surface area contributed by atoms with Crippen LogP contribution in [-0.4, -0.2) is 12.0 Å². The van der Waals surface area contributed by atoms with Gasteiger partial charge in [-0.15, -0.1) is 0 Å². The minimum atomic E-state index is -0.952. The summed E-state index contributed by atoms with van der Waals surface area (Å²) in [6.45, 7) is 0. The highest BCUT2D eigenvalue weighted by Gasteiger charge is 2.26. The van der Waals surface area contributed by atoms with Gasteiger partial charge in [0.2, 0.25) is 11.6 Å². The lowest BCUT2D eigenvalue weighted by atomic mass is 10.3. The average Bonchev–Trinajstić information content (AvgIpc) is 2.03. The Hall–Kier alpha value is -1.52. The van der Waals surface area contributed by atoms with Gasteiger partial charge < -0.3 is 0 Å². The Morgan fingerprint density at radius 1 is 1.33 bits per heavy atom. The molecule has 0 fully saturated rings. The molecule has 64 valence electrons. The molecule has 0 heterocycles. The average molecular weight is 174 g/mol. The summed E-state index contributed by atoms with van der Waals surface area (Å²) >= 11 is 0. The number of nitrogens with zero attached hydrogens (tertiary/aromatic N) is 1. The van der Waals surface area contributed by atoms with Crippen LogP contribution >= 0.6 is 0 Å². The molecule has 12 heavy (non-hydrogen) atoms. The third-order valence-electron chi connectivity index (χ3n) is 1.29. The Morgan fingerprint density at radius 3 is 2.25 bits per heavy atom. The van der Waals surface area contributed by atoms with Gasteiger partial charge in [0.05, 0.1) is 4.91 Å². The maximum Gasteiger partial charge on any atom is 0.387 e. The number of hydrogen-bond donors (Lipinski definition) is 0. The number of halogens is 2. The van der Waals surface area contributed by atoms with Crippen molar-refractivity contribution in [1.29, 1.82) is 0 Å². The van der Waals surface area contributed by atoms with E-state index in [-0.39, 0.29) is 4.92 Å². The van der Waals surface area contributed by atoms with E-state index in [2.05, 4.69) is 4.84 Å². The van der Waals surface area contributed by atoms with Gasteiger partial charge in [-0.1, -0.05) is 6.07 Å². The minimum absolute atomic E-state index is 0.218. The Morgan fingerprint density at radius 2 is 1.83 bits per heavy atom. The first-order valence-electron chi connectivity index (χ1n) is 3.12. The van der Waals surface area contributed by atoms with E-state index < -0.39 is 17.3 Å². The fourth-order valence-electron chi connectivity index (χ4n) is 0.755. The predicted octanol–water partition coefficient (Wildman–Crippen LogP) is 1.94. The summed E-state index contributed by atoms with van der Waals surface area (Å²) in [6, 6.07) is 3.11. The topological polar surface area (TPSA) is 29.3 Å². The summed E-state index contributed by atoms with van der Waals surface area (Å²) in [7, 11) is 1.03. The van der Waals surface area contributed by atoms with Gasteiger partial charge in [-0.05, 0) is 12.1 Å². The van der Waals surface area contributed by atoms with E-state index in [9.17, 15) is 13.7 Å². The smallest absolute Gasteiger partial charge is 0.230 e. The number of hydrogen-bond acceptors (Lipinski definition) is 2. The molecule has 0 radical (unpaired) electrons. The van der Waals surface area contributed by atoms with Gasteiger partial charge in [0.1, 0.15) is 0 Å². The van der Waals surface area contributed by atoms with Crippen molar-refractivity contribution in [2.45, 2.75) is 0 Å². The maximum absolute atomic E-state index is 12.7. The summed E-state index contributed by atoms with van der Waals surface area (Å²) in [4.78, 5) is 14.5. The van der Waals surface area contributed by atoms with Crippen LogP contribution in [0.4, 0.5) is 14.5 Å². The van der Waals surface area contributed by atoms with Crippen molar-refractivity contribution in [1.82, 2.24) is 0 Å². The molecule has 0 bridgehead atoms. The molecule has 0 spiro atoms. The van der Waals surface area contributed by atoms with Gasteiger partial charge in [0.15, 0.2) is 7.11 Å². The number of benzene rings is 1. The summed E-state index contributed by atoms with van der Waals surface area (Å²) in [5, 5.41) is 0. The lowest BCUT2D eigenvalue weighted by Crippen LogP contribution is -2.02. The zero-order chi connectivity index (χ0) is 9.14. The molecule has 0 aliphatic heterocycles. The Balaban J connectivity index is 3.21. The highest BCUT2D eigenvalue weighted by atomic mass is 19.1.